The quantitative estimate of drug-likeness (QED) is 0.650. The highest BCUT2D eigenvalue weighted by Gasteiger charge is 2.12. The third-order valence-corrected chi connectivity index (χ3v) is 4.62. The molecule has 0 radical (unpaired) electrons. The monoisotopic (exact) mass is 410 g/mol. The second-order valence-corrected chi connectivity index (χ2v) is 8.52. The molecule has 0 aliphatic carbocycles. The van der Waals surface area contributed by atoms with Crippen LogP contribution in [0.5, 0.6) is 5.75 Å². The van der Waals surface area contributed by atoms with E-state index in [1.54, 1.807) is 0 Å². The van der Waals surface area contributed by atoms with Crippen LogP contribution in [0.15, 0.2) is 42.5 Å². The fourth-order valence-corrected chi connectivity index (χ4v) is 3.31. The van der Waals surface area contributed by atoms with Gasteiger partial charge in [0.05, 0.1) is 23.4 Å². The summed E-state index contributed by atoms with van der Waals surface area (Å²) in [6, 6.07) is 12.1. The molecule has 0 aliphatic heterocycles. The number of amides is 1. The molecule has 0 atom stereocenters. The number of anilines is 1. The van der Waals surface area contributed by atoms with Crippen molar-refractivity contribution in [2.75, 3.05) is 24.1 Å². The maximum atomic E-state index is 12.3. The van der Waals surface area contributed by atoms with Gasteiger partial charge in [-0.15, -0.1) is 0 Å². The van der Waals surface area contributed by atoms with Gasteiger partial charge in [-0.05, 0) is 35.7 Å². The summed E-state index contributed by atoms with van der Waals surface area (Å²) in [5.74, 6) is 0.788. The second kappa shape index (κ2) is 9.10. The van der Waals surface area contributed by atoms with Gasteiger partial charge in [-0.3, -0.25) is 9.52 Å². The Hall–Kier alpha value is -2.25. The van der Waals surface area contributed by atoms with Crippen LogP contribution in [0.4, 0.5) is 5.69 Å². The number of halogens is 1. The molecule has 2 N–H and O–H groups in total. The van der Waals surface area contributed by atoms with Crippen LogP contribution >= 0.6 is 11.6 Å². The highest BCUT2D eigenvalue weighted by Crippen LogP contribution is 2.25. The van der Waals surface area contributed by atoms with Gasteiger partial charge >= 0.3 is 0 Å². The van der Waals surface area contributed by atoms with Crippen molar-refractivity contribution in [1.29, 1.82) is 0 Å². The summed E-state index contributed by atoms with van der Waals surface area (Å²) in [4.78, 5) is 12.3. The predicted molar refractivity (Wildman–Crippen MR) is 108 cm³/mol. The Morgan fingerprint density at radius 2 is 1.89 bits per heavy atom. The lowest BCUT2D eigenvalue weighted by Gasteiger charge is -2.14. The van der Waals surface area contributed by atoms with Crippen molar-refractivity contribution in [3.05, 3.63) is 58.6 Å². The van der Waals surface area contributed by atoms with E-state index in [0.717, 1.165) is 17.6 Å². The molecule has 0 spiro atoms. The van der Waals surface area contributed by atoms with E-state index in [1.165, 1.54) is 18.2 Å². The molecule has 2 rings (SSSR count). The van der Waals surface area contributed by atoms with Crippen molar-refractivity contribution >= 4 is 33.2 Å². The van der Waals surface area contributed by atoms with E-state index in [4.69, 9.17) is 16.3 Å². The zero-order valence-corrected chi connectivity index (χ0v) is 17.0. The Kier molecular flexibility index (Phi) is 7.10. The average Bonchev–Trinajstić information content (AvgIpc) is 2.57. The van der Waals surface area contributed by atoms with E-state index in [0.29, 0.717) is 24.8 Å². The van der Waals surface area contributed by atoms with Crippen LogP contribution in [0.2, 0.25) is 5.02 Å². The Morgan fingerprint density at radius 3 is 2.52 bits per heavy atom. The van der Waals surface area contributed by atoms with Crippen LogP contribution in [0.25, 0.3) is 0 Å². The molecule has 0 saturated heterocycles. The molecule has 0 aromatic heterocycles. The van der Waals surface area contributed by atoms with Crippen molar-refractivity contribution in [3.63, 3.8) is 0 Å². The standard InChI is InChI=1S/C19H23ClN2O4S/c1-13(2)15-6-4-5-7-18(15)26-11-10-21-19(23)16-9-8-14(12-17(16)20)22-27(3,24)25/h4-9,12-13,22H,10-11H2,1-3H3,(H,21,23). The van der Waals surface area contributed by atoms with Crippen LogP contribution in [0.1, 0.15) is 35.7 Å². The van der Waals surface area contributed by atoms with E-state index >= 15 is 0 Å². The topological polar surface area (TPSA) is 84.5 Å². The Bertz CT molecular complexity index is 914. The lowest BCUT2D eigenvalue weighted by atomic mass is 10.0. The maximum Gasteiger partial charge on any atom is 0.252 e. The Morgan fingerprint density at radius 1 is 1.19 bits per heavy atom. The van der Waals surface area contributed by atoms with Gasteiger partial charge in [0.1, 0.15) is 12.4 Å². The third kappa shape index (κ3) is 6.45. The number of sulfonamides is 1. The lowest BCUT2D eigenvalue weighted by molar-refractivity contribution is 0.0947. The molecule has 0 bridgehead atoms. The largest absolute Gasteiger partial charge is 0.491 e. The first-order valence-corrected chi connectivity index (χ1v) is 10.7. The minimum absolute atomic E-state index is 0.159. The molecule has 2 aromatic rings. The molecular weight excluding hydrogens is 388 g/mol. The number of nitrogens with one attached hydrogen (secondary N) is 2. The van der Waals surface area contributed by atoms with Crippen molar-refractivity contribution in [2.45, 2.75) is 19.8 Å². The number of rotatable bonds is 8. The van der Waals surface area contributed by atoms with E-state index in [1.807, 2.05) is 24.3 Å². The van der Waals surface area contributed by atoms with Crippen molar-refractivity contribution in [1.82, 2.24) is 5.32 Å². The third-order valence-electron chi connectivity index (χ3n) is 3.70. The summed E-state index contributed by atoms with van der Waals surface area (Å²) in [6.45, 7) is 4.81. The summed E-state index contributed by atoms with van der Waals surface area (Å²) in [5, 5.41) is 2.90. The SMILES string of the molecule is CC(C)c1ccccc1OCCNC(=O)c1ccc(NS(C)(=O)=O)cc1Cl. The summed E-state index contributed by atoms with van der Waals surface area (Å²) >= 11 is 6.09. The molecule has 0 aliphatic rings. The van der Waals surface area contributed by atoms with Gasteiger partial charge in [-0.2, -0.15) is 0 Å². The number of hydrogen-bond donors (Lipinski definition) is 2. The van der Waals surface area contributed by atoms with E-state index in [9.17, 15) is 13.2 Å². The van der Waals surface area contributed by atoms with Crippen LogP contribution < -0.4 is 14.8 Å². The number of benzene rings is 2. The van der Waals surface area contributed by atoms with Gasteiger partial charge in [0.15, 0.2) is 0 Å². The van der Waals surface area contributed by atoms with E-state index in [-0.39, 0.29) is 16.5 Å². The molecular formula is C19H23ClN2O4S. The Balaban J connectivity index is 1.91. The summed E-state index contributed by atoms with van der Waals surface area (Å²) in [7, 11) is -3.41. The number of para-hydroxylation sites is 1. The number of carbonyl (C=O) groups excluding carboxylic acids is 1. The van der Waals surface area contributed by atoms with Crippen molar-refractivity contribution in [3.8, 4) is 5.75 Å². The molecule has 6 nitrogen and oxygen atoms in total. The lowest BCUT2D eigenvalue weighted by Crippen LogP contribution is -2.28. The van der Waals surface area contributed by atoms with Gasteiger partial charge in [0.25, 0.3) is 5.91 Å². The number of hydrogen-bond acceptors (Lipinski definition) is 4. The highest BCUT2D eigenvalue weighted by molar-refractivity contribution is 7.92. The van der Waals surface area contributed by atoms with Gasteiger partial charge in [-0.25, -0.2) is 8.42 Å². The predicted octanol–water partition coefficient (Wildman–Crippen LogP) is 3.64. The molecule has 0 saturated carbocycles. The summed E-state index contributed by atoms with van der Waals surface area (Å²) in [6.07, 6.45) is 1.04. The molecule has 146 valence electrons. The Labute approximate surface area is 164 Å². The fourth-order valence-electron chi connectivity index (χ4n) is 2.49. The van der Waals surface area contributed by atoms with Crippen LogP contribution in [0.3, 0.4) is 0 Å². The smallest absolute Gasteiger partial charge is 0.252 e. The number of carbonyl (C=O) groups is 1. The molecule has 0 unspecified atom stereocenters. The minimum atomic E-state index is -3.41. The van der Waals surface area contributed by atoms with Gasteiger partial charge in [0, 0.05) is 5.69 Å². The molecule has 2 aromatic carbocycles. The number of ether oxygens (including phenoxy) is 1. The molecule has 8 heteroatoms. The maximum absolute atomic E-state index is 12.3. The van der Waals surface area contributed by atoms with Gasteiger partial charge in [-0.1, -0.05) is 43.6 Å². The van der Waals surface area contributed by atoms with Crippen molar-refractivity contribution < 1.29 is 17.9 Å². The molecule has 27 heavy (non-hydrogen) atoms. The molecule has 0 heterocycles. The van der Waals surface area contributed by atoms with Crippen LogP contribution in [-0.2, 0) is 10.0 Å². The first-order valence-electron chi connectivity index (χ1n) is 8.44. The molecule has 1 amide bonds. The van der Waals surface area contributed by atoms with Crippen LogP contribution in [-0.4, -0.2) is 33.7 Å². The zero-order chi connectivity index (χ0) is 20.0. The van der Waals surface area contributed by atoms with Crippen LogP contribution in [0, 0.1) is 0 Å². The second-order valence-electron chi connectivity index (χ2n) is 6.37. The van der Waals surface area contributed by atoms with Gasteiger partial charge < -0.3 is 10.1 Å². The van der Waals surface area contributed by atoms with E-state index < -0.39 is 10.0 Å². The van der Waals surface area contributed by atoms with Gasteiger partial charge in [0.2, 0.25) is 10.0 Å². The molecule has 0 fully saturated rings. The first kappa shape index (κ1) is 21.1. The van der Waals surface area contributed by atoms with Crippen molar-refractivity contribution in [2.24, 2.45) is 0 Å². The normalized spacial score (nSPS) is 11.3. The fraction of sp³-hybridized carbons (Fsp3) is 0.316. The zero-order valence-electron chi connectivity index (χ0n) is 15.5. The highest BCUT2D eigenvalue weighted by atomic mass is 35.5. The van der Waals surface area contributed by atoms with E-state index in [2.05, 4.69) is 23.9 Å². The summed E-state index contributed by atoms with van der Waals surface area (Å²) in [5.41, 5.74) is 1.67. The first-order chi connectivity index (χ1) is 12.7. The minimum Gasteiger partial charge on any atom is -0.491 e. The summed E-state index contributed by atoms with van der Waals surface area (Å²) < 4.78 is 30.6. The average molecular weight is 411 g/mol.